The van der Waals surface area contributed by atoms with Crippen LogP contribution in [0, 0.1) is 0 Å². The molecule has 3 nitrogen and oxygen atoms in total. The molecule has 0 aliphatic carbocycles. The predicted molar refractivity (Wildman–Crippen MR) is 122 cm³/mol. The van der Waals surface area contributed by atoms with E-state index in [0.29, 0.717) is 13.2 Å². The van der Waals surface area contributed by atoms with Crippen LogP contribution in [0.1, 0.15) is 23.6 Å². The first-order valence-corrected chi connectivity index (χ1v) is 10.4. The predicted octanol–water partition coefficient (Wildman–Crippen LogP) is 6.49. The third kappa shape index (κ3) is 3.12. The van der Waals surface area contributed by atoms with Crippen molar-refractivity contribution in [3.05, 3.63) is 95.6 Å². The van der Waals surface area contributed by atoms with Gasteiger partial charge in [0, 0.05) is 23.8 Å². The third-order valence-corrected chi connectivity index (χ3v) is 5.76. The van der Waals surface area contributed by atoms with Gasteiger partial charge >= 0.3 is 0 Å². The molecule has 3 aromatic heterocycles. The second-order valence-electron chi connectivity index (χ2n) is 7.63. The molecule has 0 aliphatic heterocycles. The topological polar surface area (TPSA) is 22.9 Å². The first kappa shape index (κ1) is 18.7. The number of ether oxygens (including phenoxy) is 2. The molecule has 0 saturated carbocycles. The molecule has 3 heterocycles. The summed E-state index contributed by atoms with van der Waals surface area (Å²) >= 11 is 0. The van der Waals surface area contributed by atoms with E-state index in [1.165, 1.54) is 44.4 Å². The van der Waals surface area contributed by atoms with Crippen molar-refractivity contribution in [2.45, 2.75) is 26.6 Å². The molecule has 0 spiro atoms. The summed E-state index contributed by atoms with van der Waals surface area (Å²) in [4.78, 5) is 0. The minimum absolute atomic E-state index is 0.575. The number of aryl methyl sites for hydroxylation is 1. The van der Waals surface area contributed by atoms with Gasteiger partial charge in [0.05, 0.1) is 17.6 Å². The number of methoxy groups -OCH3 is 1. The number of rotatable bonds is 7. The molecule has 0 bridgehead atoms. The van der Waals surface area contributed by atoms with E-state index in [1.807, 2.05) is 18.2 Å². The van der Waals surface area contributed by atoms with Crippen LogP contribution in [0.4, 0.5) is 0 Å². The van der Waals surface area contributed by atoms with Gasteiger partial charge in [-0.25, -0.2) is 0 Å². The van der Waals surface area contributed by atoms with Gasteiger partial charge < -0.3 is 13.9 Å². The normalized spacial score (nSPS) is 11.5. The maximum atomic E-state index is 5.99. The largest absolute Gasteiger partial charge is 0.489 e. The molecule has 0 aliphatic rings. The molecule has 5 aromatic rings. The van der Waals surface area contributed by atoms with Crippen LogP contribution in [0.2, 0.25) is 0 Å². The third-order valence-electron chi connectivity index (χ3n) is 5.76. The average Bonchev–Trinajstić information content (AvgIpc) is 3.33. The molecule has 2 aromatic carbocycles. The van der Waals surface area contributed by atoms with Gasteiger partial charge in [0.1, 0.15) is 12.4 Å². The van der Waals surface area contributed by atoms with E-state index >= 15 is 0 Å². The number of hydrogen-bond acceptors (Lipinski definition) is 2. The molecule has 0 saturated heterocycles. The number of aromatic nitrogens is 1. The fraction of sp³-hybridized carbons (Fsp3) is 0.185. The van der Waals surface area contributed by atoms with Crippen LogP contribution in [0.25, 0.3) is 27.7 Å². The summed E-state index contributed by atoms with van der Waals surface area (Å²) in [6, 6.07) is 27.5. The van der Waals surface area contributed by atoms with Crippen molar-refractivity contribution >= 4 is 16.6 Å². The molecule has 3 heteroatoms. The van der Waals surface area contributed by atoms with Crippen molar-refractivity contribution in [3.8, 4) is 16.9 Å². The Bertz CT molecular complexity index is 1270. The lowest BCUT2D eigenvalue weighted by atomic mass is 9.98. The quantitative estimate of drug-likeness (QED) is 0.314. The highest BCUT2D eigenvalue weighted by atomic mass is 16.5. The Morgan fingerprint density at radius 3 is 2.37 bits per heavy atom. The second kappa shape index (κ2) is 7.85. The van der Waals surface area contributed by atoms with E-state index in [9.17, 15) is 0 Å². The Kier molecular flexibility index (Phi) is 4.89. The van der Waals surface area contributed by atoms with E-state index in [2.05, 4.69) is 72.0 Å². The van der Waals surface area contributed by atoms with Crippen LogP contribution < -0.4 is 4.74 Å². The first-order valence-electron chi connectivity index (χ1n) is 10.4. The van der Waals surface area contributed by atoms with Gasteiger partial charge in [-0.1, -0.05) is 55.5 Å². The van der Waals surface area contributed by atoms with Gasteiger partial charge in [-0.05, 0) is 53.4 Å². The second-order valence-corrected chi connectivity index (χ2v) is 7.63. The van der Waals surface area contributed by atoms with E-state index in [0.717, 1.165) is 12.2 Å². The zero-order valence-electron chi connectivity index (χ0n) is 17.4. The van der Waals surface area contributed by atoms with Gasteiger partial charge in [-0.2, -0.15) is 0 Å². The van der Waals surface area contributed by atoms with Crippen molar-refractivity contribution in [2.24, 2.45) is 0 Å². The number of hydrogen-bond donors (Lipinski definition) is 0. The van der Waals surface area contributed by atoms with E-state index in [1.54, 1.807) is 7.11 Å². The molecule has 5 rings (SSSR count). The molecular formula is C27H25NO2. The smallest absolute Gasteiger partial charge is 0.119 e. The van der Waals surface area contributed by atoms with Gasteiger partial charge in [-0.3, -0.25) is 0 Å². The highest BCUT2D eigenvalue weighted by Crippen LogP contribution is 2.40. The first-order chi connectivity index (χ1) is 14.8. The van der Waals surface area contributed by atoms with Gasteiger partial charge in [0.25, 0.3) is 0 Å². The maximum absolute atomic E-state index is 5.99. The van der Waals surface area contributed by atoms with Gasteiger partial charge in [0.15, 0.2) is 0 Å². The molecule has 0 unspecified atom stereocenters. The highest BCUT2D eigenvalue weighted by molar-refractivity contribution is 5.97. The van der Waals surface area contributed by atoms with Crippen LogP contribution in [0.15, 0.2) is 78.9 Å². The Labute approximate surface area is 176 Å². The molecule has 0 N–H and O–H groups in total. The fourth-order valence-electron chi connectivity index (χ4n) is 4.45. The Morgan fingerprint density at radius 1 is 0.833 bits per heavy atom. The molecule has 30 heavy (non-hydrogen) atoms. The summed E-state index contributed by atoms with van der Waals surface area (Å²) < 4.78 is 13.9. The van der Waals surface area contributed by atoms with Crippen LogP contribution in [0.5, 0.6) is 5.75 Å². The zero-order chi connectivity index (χ0) is 20.5. The number of pyridine rings is 1. The minimum Gasteiger partial charge on any atom is -0.489 e. The Hall–Kier alpha value is -3.30. The maximum Gasteiger partial charge on any atom is 0.119 e. The minimum atomic E-state index is 0.575. The lowest BCUT2D eigenvalue weighted by Crippen LogP contribution is -1.95. The lowest BCUT2D eigenvalue weighted by molar-refractivity contribution is 0.186. The van der Waals surface area contributed by atoms with Crippen LogP contribution >= 0.6 is 0 Å². The molecule has 0 fully saturated rings. The highest BCUT2D eigenvalue weighted by Gasteiger charge is 2.21. The van der Waals surface area contributed by atoms with E-state index in [4.69, 9.17) is 9.47 Å². The van der Waals surface area contributed by atoms with E-state index < -0.39 is 0 Å². The fourth-order valence-corrected chi connectivity index (χ4v) is 4.45. The number of nitrogens with zero attached hydrogens (tertiary/aromatic N) is 1. The van der Waals surface area contributed by atoms with Crippen molar-refractivity contribution in [3.63, 3.8) is 0 Å². The molecule has 0 amide bonds. The number of benzene rings is 2. The van der Waals surface area contributed by atoms with Crippen molar-refractivity contribution in [1.29, 1.82) is 0 Å². The summed E-state index contributed by atoms with van der Waals surface area (Å²) in [5, 5.41) is 0. The van der Waals surface area contributed by atoms with Crippen molar-refractivity contribution in [1.82, 2.24) is 4.40 Å². The van der Waals surface area contributed by atoms with Gasteiger partial charge in [0.2, 0.25) is 0 Å². The van der Waals surface area contributed by atoms with Crippen LogP contribution in [-0.2, 0) is 24.4 Å². The standard InChI is InChI=1S/C27H25NO2/c1-3-24-25-11-7-10-22-16-21(18-29-2)27(28(22)25)26(24)20-12-14-23(15-13-20)30-17-19-8-5-4-6-9-19/h4-16H,3,17-18H2,1-2H3. The monoisotopic (exact) mass is 395 g/mol. The Balaban J connectivity index is 1.55. The van der Waals surface area contributed by atoms with Crippen LogP contribution in [0.3, 0.4) is 0 Å². The summed E-state index contributed by atoms with van der Waals surface area (Å²) in [5.74, 6) is 0.884. The SMILES string of the molecule is CCc1c(-c2ccc(OCc3ccccc3)cc2)c2c(COC)cc3cccc1n32. The lowest BCUT2D eigenvalue weighted by Gasteiger charge is -2.09. The van der Waals surface area contributed by atoms with E-state index in [-0.39, 0.29) is 0 Å². The molecule has 150 valence electrons. The Morgan fingerprint density at radius 2 is 1.63 bits per heavy atom. The summed E-state index contributed by atoms with van der Waals surface area (Å²) in [5.41, 5.74) is 10.1. The summed E-state index contributed by atoms with van der Waals surface area (Å²) in [6.07, 6.45) is 0.981. The average molecular weight is 396 g/mol. The molecule has 0 radical (unpaired) electrons. The summed E-state index contributed by atoms with van der Waals surface area (Å²) in [6.45, 7) is 3.41. The van der Waals surface area contributed by atoms with Gasteiger partial charge in [-0.15, -0.1) is 0 Å². The van der Waals surface area contributed by atoms with Crippen LogP contribution in [-0.4, -0.2) is 11.5 Å². The summed E-state index contributed by atoms with van der Waals surface area (Å²) in [7, 11) is 1.76. The molecular weight excluding hydrogens is 370 g/mol. The molecule has 0 atom stereocenters. The zero-order valence-corrected chi connectivity index (χ0v) is 17.4. The van der Waals surface area contributed by atoms with Crippen molar-refractivity contribution in [2.75, 3.05) is 7.11 Å². The van der Waals surface area contributed by atoms with Crippen molar-refractivity contribution < 1.29 is 9.47 Å².